The Kier molecular flexibility index (Phi) is 12.5. The van der Waals surface area contributed by atoms with Crippen LogP contribution in [0.5, 0.6) is 0 Å². The van der Waals surface area contributed by atoms with Gasteiger partial charge in [-0.25, -0.2) is 14.4 Å². The normalized spacial score (nSPS) is 34.1. The third-order valence-corrected chi connectivity index (χ3v) is 12.8. The minimum atomic E-state index is -2.19. The Bertz CT molecular complexity index is 1850. The van der Waals surface area contributed by atoms with Crippen LogP contribution in [0.25, 0.3) is 0 Å². The highest BCUT2D eigenvalue weighted by atomic mass is 16.6. The van der Waals surface area contributed by atoms with Gasteiger partial charge in [0, 0.05) is 45.0 Å². The van der Waals surface area contributed by atoms with Gasteiger partial charge in [-0.05, 0) is 65.2 Å². The van der Waals surface area contributed by atoms with Gasteiger partial charge in [0.05, 0.1) is 30.1 Å². The number of aliphatic hydroxyl groups is 2. The molecule has 3 N–H and O–H groups in total. The molecule has 2 bridgehead atoms. The number of benzene rings is 1. The van der Waals surface area contributed by atoms with Crippen LogP contribution in [0.4, 0.5) is 4.79 Å². The fourth-order valence-electron chi connectivity index (χ4n) is 9.64. The summed E-state index contributed by atoms with van der Waals surface area (Å²) < 4.78 is 42.1. The Morgan fingerprint density at radius 3 is 2.17 bits per heavy atom. The lowest BCUT2D eigenvalue weighted by Crippen LogP contribution is -2.82. The third kappa shape index (κ3) is 7.48. The van der Waals surface area contributed by atoms with Crippen molar-refractivity contribution in [2.75, 3.05) is 20.8 Å². The smallest absolute Gasteiger partial charge is 0.408 e. The number of methoxy groups -OCH3 is 2. The van der Waals surface area contributed by atoms with E-state index >= 15 is 4.79 Å². The summed E-state index contributed by atoms with van der Waals surface area (Å²) >= 11 is 0. The van der Waals surface area contributed by atoms with Crippen molar-refractivity contribution in [1.82, 2.24) is 5.32 Å². The summed E-state index contributed by atoms with van der Waals surface area (Å²) in [6, 6.07) is 6.97. The van der Waals surface area contributed by atoms with Crippen molar-refractivity contribution < 1.29 is 67.3 Å². The van der Waals surface area contributed by atoms with Crippen LogP contribution >= 0.6 is 0 Å². The highest BCUT2D eigenvalue weighted by molar-refractivity contribution is 5.94. The number of Topliss-reactive ketones (excluding diaryl/α,β-unsaturated/α-hetero) is 1. The lowest BCUT2D eigenvalue weighted by molar-refractivity contribution is -0.348. The van der Waals surface area contributed by atoms with Crippen LogP contribution in [-0.4, -0.2) is 114 Å². The molecular formula is C43H59NO14. The summed E-state index contributed by atoms with van der Waals surface area (Å²) in [5.74, 6) is -4.45. The van der Waals surface area contributed by atoms with Gasteiger partial charge in [0.1, 0.15) is 35.6 Å². The second-order valence-corrected chi connectivity index (χ2v) is 17.6. The second kappa shape index (κ2) is 16.1. The molecule has 320 valence electrons. The number of esters is 3. The number of ketones is 1. The van der Waals surface area contributed by atoms with E-state index in [1.807, 2.05) is 0 Å². The van der Waals surface area contributed by atoms with E-state index in [1.54, 1.807) is 98.7 Å². The number of alkyl carbamates (subject to hydrolysis) is 1. The number of hydrogen-bond acceptors (Lipinski definition) is 14. The first kappa shape index (κ1) is 44.9. The molecule has 1 aromatic rings. The summed E-state index contributed by atoms with van der Waals surface area (Å²) in [6.45, 7) is 15.9. The summed E-state index contributed by atoms with van der Waals surface area (Å²) in [4.78, 5) is 69.5. The molecule has 58 heavy (non-hydrogen) atoms. The fourth-order valence-corrected chi connectivity index (χ4v) is 9.64. The first-order valence-electron chi connectivity index (χ1n) is 19.6. The number of amides is 1. The maximum atomic E-state index is 15.4. The number of allylic oxidation sites excluding steroid dienone is 1. The van der Waals surface area contributed by atoms with Gasteiger partial charge in [-0.3, -0.25) is 9.59 Å². The molecule has 15 nitrogen and oxygen atoms in total. The molecule has 2 saturated carbocycles. The highest BCUT2D eigenvalue weighted by Crippen LogP contribution is 2.64. The zero-order valence-corrected chi connectivity index (χ0v) is 35.5. The van der Waals surface area contributed by atoms with E-state index in [0.717, 1.165) is 0 Å². The molecule has 4 aliphatic rings. The van der Waals surface area contributed by atoms with Crippen LogP contribution in [0.2, 0.25) is 0 Å². The number of carbonyl (C=O) groups excluding carboxylic acids is 5. The molecule has 0 unspecified atom stereocenters. The Hall–Kier alpha value is -4.15. The fraction of sp³-hybridized carbons (Fsp3) is 0.651. The molecular weight excluding hydrogens is 754 g/mol. The van der Waals surface area contributed by atoms with Crippen LogP contribution in [0.3, 0.4) is 0 Å². The van der Waals surface area contributed by atoms with Crippen molar-refractivity contribution >= 4 is 29.8 Å². The van der Waals surface area contributed by atoms with E-state index in [0.29, 0.717) is 11.1 Å². The molecule has 1 aliphatic heterocycles. The minimum absolute atomic E-state index is 0.130. The van der Waals surface area contributed by atoms with Gasteiger partial charge in [-0.1, -0.05) is 50.3 Å². The largest absolute Gasteiger partial charge is 0.456 e. The molecule has 3 aliphatic carbocycles. The van der Waals surface area contributed by atoms with Crippen LogP contribution < -0.4 is 5.32 Å². The van der Waals surface area contributed by atoms with E-state index in [-0.39, 0.29) is 24.2 Å². The Labute approximate surface area is 339 Å². The minimum Gasteiger partial charge on any atom is -0.456 e. The Morgan fingerprint density at radius 1 is 1.02 bits per heavy atom. The zero-order valence-electron chi connectivity index (χ0n) is 35.5. The first-order chi connectivity index (χ1) is 26.9. The first-order valence-corrected chi connectivity index (χ1v) is 19.6. The second-order valence-electron chi connectivity index (χ2n) is 17.6. The average molecular weight is 814 g/mol. The number of aliphatic hydroxyl groups excluding tert-OH is 1. The molecule has 1 aromatic carbocycles. The van der Waals surface area contributed by atoms with Gasteiger partial charge in [0.25, 0.3) is 0 Å². The van der Waals surface area contributed by atoms with Crippen molar-refractivity contribution in [1.29, 1.82) is 0 Å². The predicted molar refractivity (Wildman–Crippen MR) is 207 cm³/mol. The van der Waals surface area contributed by atoms with Crippen LogP contribution in [0.1, 0.15) is 93.7 Å². The van der Waals surface area contributed by atoms with Crippen molar-refractivity contribution in [3.63, 3.8) is 0 Å². The van der Waals surface area contributed by atoms with Gasteiger partial charge in [0.15, 0.2) is 17.5 Å². The molecule has 15 heteroatoms. The molecule has 0 spiro atoms. The van der Waals surface area contributed by atoms with Gasteiger partial charge >= 0.3 is 24.0 Å². The standard InChI is InChI=1S/C43H59NO14/c1-13-22(2)36(48)56-35-33-41(10,27(52-11)19-28-42(33,21-54-28)57-24(4)45)34(47)32(53-12)29-23(3)26(20-43(35,51)40(29,8)9)55-37(49)31(46)30(25-17-15-14-16-18-25)44-38(50)58-39(5,6)7/h13-18,26-28,30-33,35,46,51H,19-21H2,1-12H3,(H,44,50)/b22-13+/t26-,27-,28+,30-,31+,32+,33-,35-,41+,42-,43+/m0/s1. The lowest BCUT2D eigenvalue weighted by atomic mass is 9.44. The van der Waals surface area contributed by atoms with Gasteiger partial charge in [0.2, 0.25) is 0 Å². The van der Waals surface area contributed by atoms with Gasteiger partial charge < -0.3 is 48.7 Å². The van der Waals surface area contributed by atoms with Crippen LogP contribution in [0, 0.1) is 16.7 Å². The summed E-state index contributed by atoms with van der Waals surface area (Å²) in [5, 5.41) is 27.8. The van der Waals surface area contributed by atoms with Crippen molar-refractivity contribution in [3.05, 3.63) is 58.7 Å². The molecule has 1 amide bonds. The summed E-state index contributed by atoms with van der Waals surface area (Å²) in [5.41, 5.74) is -6.55. The third-order valence-electron chi connectivity index (χ3n) is 12.8. The molecule has 1 saturated heterocycles. The van der Waals surface area contributed by atoms with E-state index in [9.17, 15) is 29.4 Å². The monoisotopic (exact) mass is 813 g/mol. The Balaban J connectivity index is 1.70. The SMILES string of the molecule is C/C=C(\C)C(=O)O[C@H]1[C@@H]2[C@]3(OC(C)=O)CO[C@@H]3C[C@H](OC)[C@@]2(C)C(=O)[C@H](OC)C2=C(C)[C@@H](OC(=O)[C@H](O)[C@@H](NC(=O)OC(C)(C)C)c3ccccc3)C[C@]1(O)C2(C)C. The number of fused-ring (bicyclic) bond motifs is 5. The number of carbonyl (C=O) groups is 5. The molecule has 0 aromatic heterocycles. The maximum Gasteiger partial charge on any atom is 0.408 e. The van der Waals surface area contributed by atoms with Crippen molar-refractivity contribution in [2.45, 2.75) is 142 Å². The number of nitrogens with one attached hydrogen (secondary N) is 1. The highest BCUT2D eigenvalue weighted by Gasteiger charge is 2.78. The van der Waals surface area contributed by atoms with E-state index < -0.39 is 112 Å². The number of hydrogen-bond donors (Lipinski definition) is 3. The average Bonchev–Trinajstić information content (AvgIpc) is 3.14. The summed E-state index contributed by atoms with van der Waals surface area (Å²) in [6.07, 6.45) is -7.65. The Morgan fingerprint density at radius 2 is 1.66 bits per heavy atom. The van der Waals surface area contributed by atoms with Crippen molar-refractivity contribution in [3.8, 4) is 0 Å². The van der Waals surface area contributed by atoms with Crippen LogP contribution in [-0.2, 0) is 52.3 Å². The van der Waals surface area contributed by atoms with Crippen LogP contribution in [0.15, 0.2) is 53.1 Å². The van der Waals surface area contributed by atoms with Gasteiger partial charge in [-0.2, -0.15) is 0 Å². The molecule has 1 heterocycles. The number of rotatable bonds is 10. The topological polar surface area (TPSA) is 202 Å². The summed E-state index contributed by atoms with van der Waals surface area (Å²) in [7, 11) is 2.78. The van der Waals surface area contributed by atoms with Crippen molar-refractivity contribution in [2.24, 2.45) is 16.7 Å². The molecule has 11 atom stereocenters. The van der Waals surface area contributed by atoms with Gasteiger partial charge in [-0.15, -0.1) is 0 Å². The maximum absolute atomic E-state index is 15.4. The van der Waals surface area contributed by atoms with E-state index in [2.05, 4.69) is 5.32 Å². The molecule has 5 rings (SSSR count). The predicted octanol–water partition coefficient (Wildman–Crippen LogP) is 4.22. The molecule has 0 radical (unpaired) electrons. The number of ether oxygens (including phenoxy) is 7. The zero-order chi connectivity index (χ0) is 43.3. The quantitative estimate of drug-likeness (QED) is 0.131. The molecule has 3 fully saturated rings. The van der Waals surface area contributed by atoms with E-state index in [4.69, 9.17) is 33.2 Å². The van der Waals surface area contributed by atoms with E-state index in [1.165, 1.54) is 21.1 Å². The lowest BCUT2D eigenvalue weighted by Gasteiger charge is -2.67.